The van der Waals surface area contributed by atoms with E-state index >= 15 is 0 Å². The first kappa shape index (κ1) is 13.2. The van der Waals surface area contributed by atoms with Crippen LogP contribution in [0.3, 0.4) is 0 Å². The van der Waals surface area contributed by atoms with Gasteiger partial charge < -0.3 is 19.5 Å². The Morgan fingerprint density at radius 3 is 2.80 bits per heavy atom. The molecule has 1 aliphatic heterocycles. The van der Waals surface area contributed by atoms with E-state index in [1.807, 2.05) is 18.2 Å². The molecule has 1 N–H and O–H groups in total. The molecule has 1 heterocycles. The monoisotopic (exact) mass is 277 g/mol. The molecule has 0 aromatic heterocycles. The maximum absolute atomic E-state index is 12.0. The van der Waals surface area contributed by atoms with Crippen molar-refractivity contribution in [3.05, 3.63) is 23.8 Å². The summed E-state index contributed by atoms with van der Waals surface area (Å²) in [6.07, 6.45) is 2.48. The molecule has 1 atom stereocenters. The molecule has 1 aliphatic carbocycles. The minimum Gasteiger partial charge on any atom is -0.486 e. The molecule has 1 fully saturated rings. The molecule has 2 aliphatic rings. The lowest BCUT2D eigenvalue weighted by Crippen LogP contribution is -2.31. The molecule has 0 radical (unpaired) electrons. The van der Waals surface area contributed by atoms with Crippen molar-refractivity contribution in [1.82, 2.24) is 5.32 Å². The summed E-state index contributed by atoms with van der Waals surface area (Å²) in [6, 6.07) is 5.14. The molecule has 5 heteroatoms. The van der Waals surface area contributed by atoms with Gasteiger partial charge in [0.25, 0.3) is 0 Å². The highest BCUT2D eigenvalue weighted by molar-refractivity contribution is 5.78. The summed E-state index contributed by atoms with van der Waals surface area (Å²) in [5.41, 5.74) is 0.849. The molecular weight excluding hydrogens is 258 g/mol. The van der Waals surface area contributed by atoms with Crippen LogP contribution < -0.4 is 14.8 Å². The summed E-state index contributed by atoms with van der Waals surface area (Å²) < 4.78 is 15.9. The van der Waals surface area contributed by atoms with Gasteiger partial charge in [0, 0.05) is 0 Å². The van der Waals surface area contributed by atoms with Crippen molar-refractivity contribution in [2.75, 3.05) is 26.9 Å². The molecule has 0 amide bonds. The third-order valence-corrected chi connectivity index (χ3v) is 3.64. The average molecular weight is 277 g/mol. The fourth-order valence-electron chi connectivity index (χ4n) is 2.30. The molecule has 108 valence electrons. The van der Waals surface area contributed by atoms with E-state index in [0.29, 0.717) is 24.9 Å². The predicted molar refractivity (Wildman–Crippen MR) is 72.9 cm³/mol. The van der Waals surface area contributed by atoms with Gasteiger partial charge in [-0.2, -0.15) is 0 Å². The van der Waals surface area contributed by atoms with Crippen molar-refractivity contribution in [2.45, 2.75) is 18.9 Å². The van der Waals surface area contributed by atoms with Crippen LogP contribution in [0.5, 0.6) is 11.5 Å². The van der Waals surface area contributed by atoms with Crippen LogP contribution in [0.2, 0.25) is 0 Å². The summed E-state index contributed by atoms with van der Waals surface area (Å²) in [7, 11) is 1.41. The molecule has 1 saturated carbocycles. The molecule has 5 nitrogen and oxygen atoms in total. The SMILES string of the molecule is COC(=O)C(NCC1CC1)c1ccc2c(c1)OCCO2. The van der Waals surface area contributed by atoms with Crippen molar-refractivity contribution in [2.24, 2.45) is 5.92 Å². The van der Waals surface area contributed by atoms with E-state index < -0.39 is 6.04 Å². The molecule has 0 saturated heterocycles. The van der Waals surface area contributed by atoms with E-state index in [9.17, 15) is 4.79 Å². The van der Waals surface area contributed by atoms with Gasteiger partial charge in [-0.25, -0.2) is 4.79 Å². The fraction of sp³-hybridized carbons (Fsp3) is 0.533. The molecule has 20 heavy (non-hydrogen) atoms. The summed E-state index contributed by atoms with van der Waals surface area (Å²) in [5, 5.41) is 3.28. The van der Waals surface area contributed by atoms with E-state index in [0.717, 1.165) is 17.9 Å². The Morgan fingerprint density at radius 2 is 2.10 bits per heavy atom. The van der Waals surface area contributed by atoms with Crippen LogP contribution in [0, 0.1) is 5.92 Å². The smallest absolute Gasteiger partial charge is 0.327 e. The third-order valence-electron chi connectivity index (χ3n) is 3.64. The van der Waals surface area contributed by atoms with Crippen molar-refractivity contribution in [3.8, 4) is 11.5 Å². The van der Waals surface area contributed by atoms with Crippen molar-refractivity contribution >= 4 is 5.97 Å². The Morgan fingerprint density at radius 1 is 1.35 bits per heavy atom. The number of ether oxygens (including phenoxy) is 3. The highest BCUT2D eigenvalue weighted by Crippen LogP contribution is 2.33. The van der Waals surface area contributed by atoms with Crippen molar-refractivity contribution in [1.29, 1.82) is 0 Å². The fourth-order valence-corrected chi connectivity index (χ4v) is 2.30. The number of esters is 1. The van der Waals surface area contributed by atoms with Gasteiger partial charge in [0.15, 0.2) is 11.5 Å². The number of hydrogen-bond donors (Lipinski definition) is 1. The molecule has 0 spiro atoms. The molecule has 1 aromatic rings. The van der Waals surface area contributed by atoms with Gasteiger partial charge in [-0.3, -0.25) is 0 Å². The van der Waals surface area contributed by atoms with Crippen LogP contribution in [-0.4, -0.2) is 32.8 Å². The second kappa shape index (κ2) is 5.71. The highest BCUT2D eigenvalue weighted by Gasteiger charge is 2.27. The average Bonchev–Trinajstić information content (AvgIpc) is 3.31. The van der Waals surface area contributed by atoms with Gasteiger partial charge in [-0.1, -0.05) is 6.07 Å². The summed E-state index contributed by atoms with van der Waals surface area (Å²) >= 11 is 0. The molecular formula is C15H19NO4. The van der Waals surface area contributed by atoms with Crippen LogP contribution in [-0.2, 0) is 9.53 Å². The standard InChI is InChI=1S/C15H19NO4/c1-18-15(17)14(16-9-10-2-3-10)11-4-5-12-13(8-11)20-7-6-19-12/h4-5,8,10,14,16H,2-3,6-7,9H2,1H3. The third kappa shape index (κ3) is 2.88. The highest BCUT2D eigenvalue weighted by atomic mass is 16.6. The zero-order chi connectivity index (χ0) is 13.9. The quantitative estimate of drug-likeness (QED) is 0.830. The summed E-state index contributed by atoms with van der Waals surface area (Å²) in [5.74, 6) is 1.84. The Kier molecular flexibility index (Phi) is 3.78. The van der Waals surface area contributed by atoms with Crippen LogP contribution in [0.1, 0.15) is 24.4 Å². The zero-order valence-electron chi connectivity index (χ0n) is 11.6. The Balaban J connectivity index is 1.79. The molecule has 1 unspecified atom stereocenters. The normalized spacial score (nSPS) is 18.4. The van der Waals surface area contributed by atoms with Gasteiger partial charge >= 0.3 is 5.97 Å². The Bertz CT molecular complexity index is 499. The number of fused-ring (bicyclic) bond motifs is 1. The topological polar surface area (TPSA) is 56.8 Å². The minimum atomic E-state index is -0.448. The number of hydrogen-bond acceptors (Lipinski definition) is 5. The van der Waals surface area contributed by atoms with E-state index in [-0.39, 0.29) is 5.97 Å². The zero-order valence-corrected chi connectivity index (χ0v) is 11.6. The Labute approximate surface area is 118 Å². The first-order valence-corrected chi connectivity index (χ1v) is 6.98. The number of rotatable bonds is 5. The first-order valence-electron chi connectivity index (χ1n) is 6.98. The number of nitrogens with one attached hydrogen (secondary N) is 1. The first-order chi connectivity index (χ1) is 9.78. The summed E-state index contributed by atoms with van der Waals surface area (Å²) in [6.45, 7) is 1.94. The minimum absolute atomic E-state index is 0.276. The van der Waals surface area contributed by atoms with Crippen LogP contribution in [0.15, 0.2) is 18.2 Å². The molecule has 0 bridgehead atoms. The number of carbonyl (C=O) groups is 1. The second-order valence-electron chi connectivity index (χ2n) is 5.21. The van der Waals surface area contributed by atoms with Crippen LogP contribution >= 0.6 is 0 Å². The number of benzene rings is 1. The molecule has 3 rings (SSSR count). The molecule has 1 aromatic carbocycles. The van der Waals surface area contributed by atoms with E-state index in [4.69, 9.17) is 14.2 Å². The number of carbonyl (C=O) groups excluding carboxylic acids is 1. The number of methoxy groups -OCH3 is 1. The van der Waals surface area contributed by atoms with Gasteiger partial charge in [-0.05, 0) is 43.0 Å². The van der Waals surface area contributed by atoms with Gasteiger partial charge in [0.1, 0.15) is 19.3 Å². The Hall–Kier alpha value is -1.75. The van der Waals surface area contributed by atoms with Crippen molar-refractivity contribution in [3.63, 3.8) is 0 Å². The lowest BCUT2D eigenvalue weighted by Gasteiger charge is -2.21. The van der Waals surface area contributed by atoms with Gasteiger partial charge in [-0.15, -0.1) is 0 Å². The van der Waals surface area contributed by atoms with Gasteiger partial charge in [0.2, 0.25) is 0 Å². The summed E-state index contributed by atoms with van der Waals surface area (Å²) in [4.78, 5) is 12.0. The lowest BCUT2D eigenvalue weighted by atomic mass is 10.1. The van der Waals surface area contributed by atoms with Crippen LogP contribution in [0.4, 0.5) is 0 Å². The predicted octanol–water partition coefficient (Wildman–Crippen LogP) is 1.67. The van der Waals surface area contributed by atoms with Crippen molar-refractivity contribution < 1.29 is 19.0 Å². The van der Waals surface area contributed by atoms with E-state index in [1.54, 1.807) is 0 Å². The maximum atomic E-state index is 12.0. The van der Waals surface area contributed by atoms with E-state index in [2.05, 4.69) is 5.32 Å². The van der Waals surface area contributed by atoms with Gasteiger partial charge in [0.05, 0.1) is 7.11 Å². The van der Waals surface area contributed by atoms with Crippen LogP contribution in [0.25, 0.3) is 0 Å². The maximum Gasteiger partial charge on any atom is 0.327 e. The lowest BCUT2D eigenvalue weighted by molar-refractivity contribution is -0.143. The van der Waals surface area contributed by atoms with E-state index in [1.165, 1.54) is 20.0 Å². The second-order valence-corrected chi connectivity index (χ2v) is 5.21. The largest absolute Gasteiger partial charge is 0.486 e.